The van der Waals surface area contributed by atoms with Gasteiger partial charge in [0.2, 0.25) is 0 Å². The normalized spacial score (nSPS) is 13.4. The van der Waals surface area contributed by atoms with Crippen LogP contribution in [-0.2, 0) is 4.74 Å². The number of methoxy groups -OCH3 is 1. The molecule has 22 heavy (non-hydrogen) atoms. The number of hydrogen-bond acceptors (Lipinski definition) is 4. The molecule has 0 aliphatic carbocycles. The third-order valence-corrected chi connectivity index (χ3v) is 4.14. The standard InChI is InChI=1S/C16H30N4OS/c1-5-17-16(18-7-8-20(3)9-10-21-4)19-12-14(2)15-6-11-22-13-15/h6,11,13-14H,5,7-10,12H2,1-4H3,(H2,17,18,19). The molecule has 1 aromatic rings. The van der Waals surface area contributed by atoms with Crippen molar-refractivity contribution in [2.24, 2.45) is 4.99 Å². The van der Waals surface area contributed by atoms with E-state index in [2.05, 4.69) is 58.2 Å². The molecular formula is C16H30N4OS. The lowest BCUT2D eigenvalue weighted by molar-refractivity contribution is 0.162. The summed E-state index contributed by atoms with van der Waals surface area (Å²) in [5.41, 5.74) is 1.36. The molecular weight excluding hydrogens is 296 g/mol. The molecule has 6 heteroatoms. The van der Waals surface area contributed by atoms with Gasteiger partial charge in [-0.1, -0.05) is 6.92 Å². The number of thiophene rings is 1. The van der Waals surface area contributed by atoms with Crippen molar-refractivity contribution >= 4 is 17.3 Å². The van der Waals surface area contributed by atoms with Crippen molar-refractivity contribution in [1.29, 1.82) is 0 Å². The Kier molecular flexibility index (Phi) is 9.86. The first kappa shape index (κ1) is 18.9. The number of aliphatic imine (C=N–C) groups is 1. The Balaban J connectivity index is 2.35. The van der Waals surface area contributed by atoms with Gasteiger partial charge in [0.25, 0.3) is 0 Å². The zero-order valence-corrected chi connectivity index (χ0v) is 15.1. The average molecular weight is 327 g/mol. The van der Waals surface area contributed by atoms with Gasteiger partial charge in [-0.15, -0.1) is 0 Å². The van der Waals surface area contributed by atoms with Gasteiger partial charge in [-0.3, -0.25) is 4.99 Å². The maximum Gasteiger partial charge on any atom is 0.191 e. The zero-order chi connectivity index (χ0) is 16.2. The number of nitrogens with one attached hydrogen (secondary N) is 2. The fourth-order valence-corrected chi connectivity index (χ4v) is 2.74. The van der Waals surface area contributed by atoms with E-state index in [1.165, 1.54) is 5.56 Å². The molecule has 1 unspecified atom stereocenters. The molecule has 126 valence electrons. The molecule has 1 aromatic heterocycles. The van der Waals surface area contributed by atoms with E-state index in [0.29, 0.717) is 5.92 Å². The topological polar surface area (TPSA) is 48.9 Å². The number of likely N-dealkylation sites (N-methyl/N-ethyl adjacent to an activating group) is 1. The number of hydrogen-bond donors (Lipinski definition) is 2. The van der Waals surface area contributed by atoms with Crippen molar-refractivity contribution in [3.63, 3.8) is 0 Å². The highest BCUT2D eigenvalue weighted by Crippen LogP contribution is 2.18. The molecule has 2 N–H and O–H groups in total. The molecule has 0 amide bonds. The molecule has 1 heterocycles. The van der Waals surface area contributed by atoms with Crippen LogP contribution in [0, 0.1) is 0 Å². The lowest BCUT2D eigenvalue weighted by Crippen LogP contribution is -2.41. The third kappa shape index (κ3) is 7.77. The van der Waals surface area contributed by atoms with Gasteiger partial charge >= 0.3 is 0 Å². The Morgan fingerprint density at radius 3 is 2.86 bits per heavy atom. The maximum atomic E-state index is 5.08. The molecule has 0 spiro atoms. The van der Waals surface area contributed by atoms with Gasteiger partial charge in [-0.2, -0.15) is 11.3 Å². The fraction of sp³-hybridized carbons (Fsp3) is 0.688. The van der Waals surface area contributed by atoms with Crippen LogP contribution in [0.15, 0.2) is 21.8 Å². The van der Waals surface area contributed by atoms with Crippen molar-refractivity contribution in [2.45, 2.75) is 19.8 Å². The average Bonchev–Trinajstić information content (AvgIpc) is 3.04. The summed E-state index contributed by atoms with van der Waals surface area (Å²) < 4.78 is 5.08. The van der Waals surface area contributed by atoms with Crippen LogP contribution in [-0.4, -0.2) is 64.3 Å². The molecule has 0 fully saturated rings. The van der Waals surface area contributed by atoms with E-state index >= 15 is 0 Å². The molecule has 0 radical (unpaired) electrons. The van der Waals surface area contributed by atoms with Gasteiger partial charge in [-0.05, 0) is 36.4 Å². The van der Waals surface area contributed by atoms with Gasteiger partial charge in [-0.25, -0.2) is 0 Å². The van der Waals surface area contributed by atoms with Gasteiger partial charge < -0.3 is 20.3 Å². The van der Waals surface area contributed by atoms with Crippen LogP contribution in [0.3, 0.4) is 0 Å². The highest BCUT2D eigenvalue weighted by molar-refractivity contribution is 7.07. The Hall–Kier alpha value is -1.11. The first-order valence-electron chi connectivity index (χ1n) is 7.89. The predicted molar refractivity (Wildman–Crippen MR) is 96.1 cm³/mol. The molecule has 0 aromatic carbocycles. The minimum absolute atomic E-state index is 0.450. The second-order valence-corrected chi connectivity index (χ2v) is 6.18. The SMILES string of the molecule is CCNC(=NCC(C)c1ccsc1)NCCN(C)CCOC. The van der Waals surface area contributed by atoms with Crippen LogP contribution in [0.1, 0.15) is 25.3 Å². The molecule has 0 aliphatic rings. The summed E-state index contributed by atoms with van der Waals surface area (Å²) in [6.45, 7) is 9.53. The monoisotopic (exact) mass is 326 g/mol. The van der Waals surface area contributed by atoms with E-state index < -0.39 is 0 Å². The second-order valence-electron chi connectivity index (χ2n) is 5.40. The maximum absolute atomic E-state index is 5.08. The summed E-state index contributed by atoms with van der Waals surface area (Å²) in [7, 11) is 3.83. The van der Waals surface area contributed by atoms with E-state index in [4.69, 9.17) is 4.74 Å². The van der Waals surface area contributed by atoms with Crippen LogP contribution in [0.25, 0.3) is 0 Å². The summed E-state index contributed by atoms with van der Waals surface area (Å²) in [5, 5.41) is 11.0. The van der Waals surface area contributed by atoms with Crippen LogP contribution >= 0.6 is 11.3 Å². The number of ether oxygens (including phenoxy) is 1. The Labute approximate surface area is 138 Å². The first-order chi connectivity index (χ1) is 10.7. The highest BCUT2D eigenvalue weighted by Gasteiger charge is 2.06. The van der Waals surface area contributed by atoms with Crippen molar-refractivity contribution in [3.8, 4) is 0 Å². The van der Waals surface area contributed by atoms with Crippen LogP contribution in [0.2, 0.25) is 0 Å². The Morgan fingerprint density at radius 1 is 1.41 bits per heavy atom. The van der Waals surface area contributed by atoms with Crippen molar-refractivity contribution in [3.05, 3.63) is 22.4 Å². The predicted octanol–water partition coefficient (Wildman–Crippen LogP) is 1.98. The molecule has 5 nitrogen and oxygen atoms in total. The second kappa shape index (κ2) is 11.5. The number of rotatable bonds is 10. The summed E-state index contributed by atoms with van der Waals surface area (Å²) >= 11 is 1.74. The van der Waals surface area contributed by atoms with Gasteiger partial charge in [0.05, 0.1) is 6.61 Å². The van der Waals surface area contributed by atoms with E-state index in [9.17, 15) is 0 Å². The molecule has 1 rings (SSSR count). The Bertz CT molecular complexity index is 408. The Morgan fingerprint density at radius 2 is 2.23 bits per heavy atom. The smallest absolute Gasteiger partial charge is 0.191 e. The van der Waals surface area contributed by atoms with E-state index in [-0.39, 0.29) is 0 Å². The van der Waals surface area contributed by atoms with Crippen LogP contribution in [0.4, 0.5) is 0 Å². The largest absolute Gasteiger partial charge is 0.383 e. The molecule has 0 saturated carbocycles. The van der Waals surface area contributed by atoms with Crippen molar-refractivity contribution in [1.82, 2.24) is 15.5 Å². The molecule has 0 aliphatic heterocycles. The molecule has 0 saturated heterocycles. The minimum Gasteiger partial charge on any atom is -0.383 e. The summed E-state index contributed by atoms with van der Waals surface area (Å²) in [5.74, 6) is 1.34. The third-order valence-electron chi connectivity index (χ3n) is 3.44. The number of guanidine groups is 1. The summed E-state index contributed by atoms with van der Waals surface area (Å²) in [6.07, 6.45) is 0. The quantitative estimate of drug-likeness (QED) is 0.510. The summed E-state index contributed by atoms with van der Waals surface area (Å²) in [6, 6.07) is 2.18. The lowest BCUT2D eigenvalue weighted by atomic mass is 10.1. The fourth-order valence-electron chi connectivity index (χ4n) is 1.95. The lowest BCUT2D eigenvalue weighted by Gasteiger charge is -2.18. The zero-order valence-electron chi connectivity index (χ0n) is 14.3. The van der Waals surface area contributed by atoms with Crippen molar-refractivity contribution < 1.29 is 4.74 Å². The minimum atomic E-state index is 0.450. The van der Waals surface area contributed by atoms with Gasteiger partial charge in [0.1, 0.15) is 0 Å². The van der Waals surface area contributed by atoms with E-state index in [1.54, 1.807) is 18.4 Å². The van der Waals surface area contributed by atoms with Gasteiger partial charge in [0.15, 0.2) is 5.96 Å². The van der Waals surface area contributed by atoms with E-state index in [1.807, 2.05) is 0 Å². The summed E-state index contributed by atoms with van der Waals surface area (Å²) in [4.78, 5) is 6.93. The molecule has 0 bridgehead atoms. The van der Waals surface area contributed by atoms with Gasteiger partial charge in [0, 0.05) is 45.8 Å². The first-order valence-corrected chi connectivity index (χ1v) is 8.83. The highest BCUT2D eigenvalue weighted by atomic mass is 32.1. The van der Waals surface area contributed by atoms with Crippen LogP contribution < -0.4 is 10.6 Å². The number of nitrogens with zero attached hydrogens (tertiary/aromatic N) is 2. The van der Waals surface area contributed by atoms with E-state index in [0.717, 1.165) is 45.3 Å². The van der Waals surface area contributed by atoms with Crippen LogP contribution in [0.5, 0.6) is 0 Å². The molecule has 1 atom stereocenters. The van der Waals surface area contributed by atoms with Crippen molar-refractivity contribution in [2.75, 3.05) is 53.5 Å².